The minimum absolute atomic E-state index is 0. The number of hydrogen-bond donors (Lipinski definition) is 0. The van der Waals surface area contributed by atoms with E-state index in [0.29, 0.717) is 0 Å². The summed E-state index contributed by atoms with van der Waals surface area (Å²) in [6, 6.07) is 0. The van der Waals surface area contributed by atoms with Crippen molar-refractivity contribution in [2.45, 2.75) is 0 Å². The topological polar surface area (TPSA) is 58.7 Å². The Balaban J connectivity index is -0.0000000200. The lowest BCUT2D eigenvalue weighted by Crippen LogP contribution is -0.711. The molecule has 0 radical (unpaired) electrons. The van der Waals surface area contributed by atoms with E-state index in [-0.39, 0.29) is 24.8 Å². The van der Waals surface area contributed by atoms with E-state index < -0.39 is 0 Å². The van der Waals surface area contributed by atoms with Gasteiger partial charge in [-0.25, -0.2) is 0 Å². The summed E-state index contributed by atoms with van der Waals surface area (Å²) < 4.78 is 0. The second-order valence-electron chi connectivity index (χ2n) is 0.0894. The van der Waals surface area contributed by atoms with Crippen molar-refractivity contribution in [1.82, 2.24) is 0 Å². The van der Waals surface area contributed by atoms with E-state index in [1.165, 1.54) is 4.91 Å². The molecule has 0 aromatic heterocycles. The first-order chi connectivity index (χ1) is 1.41. The van der Waals surface area contributed by atoms with Crippen LogP contribution in [0.3, 0.4) is 0 Å². The molecule has 0 fully saturated rings. The molecule has 0 rings (SSSR count). The van der Waals surface area contributed by atoms with Crippen LogP contribution in [-0.2, 0) is 0 Å². The predicted octanol–water partition coefficient (Wildman–Crippen LogP) is 1.71. The molecule has 0 saturated carbocycles. The maximum absolute atomic E-state index is 6.75. The molecule has 0 aliphatic rings. The smallest absolute Gasteiger partial charge is 0.147 e. The third-order valence-electron chi connectivity index (χ3n) is 0. The summed E-state index contributed by atoms with van der Waals surface area (Å²) >= 11 is 0. The van der Waals surface area contributed by atoms with Crippen LogP contribution in [0.4, 0.5) is 0 Å². The normalized spacial score (nSPS) is 1.60. The highest BCUT2D eigenvalue weighted by molar-refractivity contribution is 5.85. The van der Waals surface area contributed by atoms with Crippen molar-refractivity contribution >= 4 is 24.8 Å². The molecule has 0 spiro atoms. The highest BCUT2D eigenvalue weighted by Gasteiger charge is 0.689. The fraction of sp³-hybridized carbons (Fsp3) is 0. The molecule has 0 heterocycles. The Hall–Kier alpha value is -0.110. The molecular formula is H2Cl2N3-. The third-order valence-corrected chi connectivity index (χ3v) is 0. The van der Waals surface area contributed by atoms with Gasteiger partial charge in [-0.2, -0.15) is 0 Å². The third kappa shape index (κ3) is 1150. The van der Waals surface area contributed by atoms with Crippen LogP contribution in [0.15, 0.2) is 0 Å². The minimum Gasteiger partial charge on any atom is -0.373 e. The van der Waals surface area contributed by atoms with E-state index in [1.54, 1.807) is 0 Å². The Morgan fingerprint density at radius 2 is 1.00 bits per heavy atom. The Morgan fingerprint density at radius 1 is 1.00 bits per heavy atom. The van der Waals surface area contributed by atoms with Crippen LogP contribution in [0.2, 0.25) is 0 Å². The lowest BCUT2D eigenvalue weighted by Gasteiger charge is -1.31. The van der Waals surface area contributed by atoms with Gasteiger partial charge < -0.3 is 11.1 Å². The molecular weight excluding hydrogens is 113 g/mol. The zero-order valence-electron chi connectivity index (χ0n) is 2.16. The Kier molecular flexibility index (Phi) is 170. The number of rotatable bonds is 0. The van der Waals surface area contributed by atoms with E-state index >= 15 is 0 Å². The molecule has 0 amide bonds. The summed E-state index contributed by atoms with van der Waals surface area (Å²) in [6.07, 6.45) is 0. The number of halogens is 2. The lowest BCUT2D eigenvalue weighted by atomic mass is 13.0. The fourth-order valence-corrected chi connectivity index (χ4v) is 0. The quantitative estimate of drug-likeness (QED) is 0.262. The van der Waals surface area contributed by atoms with Gasteiger partial charge in [0.1, 0.15) is 0 Å². The van der Waals surface area contributed by atoms with E-state index in [4.69, 9.17) is 11.1 Å². The molecule has 0 bridgehead atoms. The molecule has 5 heavy (non-hydrogen) atoms. The Labute approximate surface area is 41.6 Å². The van der Waals surface area contributed by atoms with Gasteiger partial charge in [-0.05, 0) is 0 Å². The van der Waals surface area contributed by atoms with E-state index in [0.717, 1.165) is 0 Å². The standard InChI is InChI=1S/2ClH.N3/c;;1-3-2/h2*1H;/q;;-1. The van der Waals surface area contributed by atoms with Gasteiger partial charge >= 0.3 is 0 Å². The molecule has 0 N–H and O–H groups in total. The first-order valence-corrected chi connectivity index (χ1v) is 0.400. The average Bonchev–Trinajstić information content (AvgIpc) is 0.918. The summed E-state index contributed by atoms with van der Waals surface area (Å²) in [5.74, 6) is 0. The van der Waals surface area contributed by atoms with Crippen molar-refractivity contribution in [3.8, 4) is 0 Å². The molecule has 0 aliphatic carbocycles. The molecule has 0 saturated heterocycles. The van der Waals surface area contributed by atoms with Crippen LogP contribution in [-0.4, -0.2) is 0 Å². The van der Waals surface area contributed by atoms with Crippen molar-refractivity contribution < 1.29 is 0 Å². The summed E-state index contributed by atoms with van der Waals surface area (Å²) in [5, 5.41) is 0. The summed E-state index contributed by atoms with van der Waals surface area (Å²) in [6.45, 7) is 0. The van der Waals surface area contributed by atoms with Crippen molar-refractivity contribution in [3.05, 3.63) is 16.0 Å². The lowest BCUT2D eigenvalue weighted by molar-refractivity contribution is 2.36. The van der Waals surface area contributed by atoms with E-state index in [1.807, 2.05) is 0 Å². The van der Waals surface area contributed by atoms with Gasteiger partial charge in [0.2, 0.25) is 0 Å². The first-order valence-electron chi connectivity index (χ1n) is 0.400. The zero-order valence-corrected chi connectivity index (χ0v) is 3.79. The summed E-state index contributed by atoms with van der Waals surface area (Å²) in [4.78, 5) is 1.50. The Bertz CT molecular complexity index is 25.9. The Morgan fingerprint density at radius 3 is 1.00 bits per heavy atom. The molecule has 32 valence electrons. The molecule has 5 heteroatoms. The molecule has 0 aliphatic heterocycles. The van der Waals surface area contributed by atoms with Crippen LogP contribution in [0, 0.1) is 0 Å². The maximum Gasteiger partial charge on any atom is -0.147 e. The number of nitrogens with zero attached hydrogens (tertiary/aromatic N) is 3. The van der Waals surface area contributed by atoms with Gasteiger partial charge in [-0.1, -0.05) is 0 Å². The fourth-order valence-electron chi connectivity index (χ4n) is 0. The summed E-state index contributed by atoms with van der Waals surface area (Å²) in [7, 11) is 0. The van der Waals surface area contributed by atoms with E-state index in [9.17, 15) is 0 Å². The largest absolute Gasteiger partial charge is 0.373 e. The highest BCUT2D eigenvalue weighted by Crippen LogP contribution is 1.29. The zero-order chi connectivity index (χ0) is 2.71. The van der Waals surface area contributed by atoms with Crippen molar-refractivity contribution in [1.29, 1.82) is 0 Å². The first kappa shape index (κ1) is 20.7. The molecule has 0 atom stereocenters. The van der Waals surface area contributed by atoms with Crippen LogP contribution in [0.1, 0.15) is 0 Å². The summed E-state index contributed by atoms with van der Waals surface area (Å²) in [5.41, 5.74) is 13.5. The van der Waals surface area contributed by atoms with Gasteiger partial charge in [-0.15, -0.1) is 24.8 Å². The van der Waals surface area contributed by atoms with Gasteiger partial charge in [0.15, 0.2) is 0 Å². The van der Waals surface area contributed by atoms with Gasteiger partial charge in [0.05, 0.1) is 0 Å². The van der Waals surface area contributed by atoms with Gasteiger partial charge in [0.25, 0.3) is 0 Å². The molecule has 0 unspecified atom stereocenters. The molecule has 3 nitrogen and oxygen atoms in total. The number of hydrogen-bond acceptors (Lipinski definition) is 0. The van der Waals surface area contributed by atoms with Crippen molar-refractivity contribution in [3.63, 3.8) is 0 Å². The monoisotopic (exact) mass is 114 g/mol. The minimum atomic E-state index is 0. The van der Waals surface area contributed by atoms with Crippen molar-refractivity contribution in [2.24, 2.45) is 0 Å². The molecule has 0 aromatic carbocycles. The second kappa shape index (κ2) is 41.0. The van der Waals surface area contributed by atoms with Gasteiger partial charge in [-0.3, -0.25) is 4.91 Å². The average molecular weight is 115 g/mol. The maximum atomic E-state index is 6.75. The van der Waals surface area contributed by atoms with Gasteiger partial charge in [0, 0.05) is 0 Å². The second-order valence-corrected chi connectivity index (χ2v) is 0.0894. The SMILES string of the molecule is Cl.Cl.[N-]=[N+]=[N-]. The van der Waals surface area contributed by atoms with Crippen LogP contribution in [0.25, 0.3) is 16.0 Å². The molecule has 0 aromatic rings. The van der Waals surface area contributed by atoms with Crippen molar-refractivity contribution in [2.75, 3.05) is 0 Å². The van der Waals surface area contributed by atoms with Crippen LogP contribution in [0.5, 0.6) is 0 Å². The van der Waals surface area contributed by atoms with E-state index in [2.05, 4.69) is 0 Å². The van der Waals surface area contributed by atoms with Crippen LogP contribution < -0.4 is 0 Å². The highest BCUT2D eigenvalue weighted by atomic mass is 35.5. The van der Waals surface area contributed by atoms with Crippen LogP contribution >= 0.6 is 24.8 Å². The predicted molar refractivity (Wildman–Crippen MR) is 24.6 cm³/mol.